The summed E-state index contributed by atoms with van der Waals surface area (Å²) in [6, 6.07) is 17.1. The summed E-state index contributed by atoms with van der Waals surface area (Å²) >= 11 is 0. The molecule has 0 saturated carbocycles. The molecule has 0 spiro atoms. The largest absolute Gasteiger partial charge is 0.457 e. The fourth-order valence-corrected chi connectivity index (χ4v) is 4.47. The maximum Gasteiger partial charge on any atom is 0.338 e. The van der Waals surface area contributed by atoms with Crippen LogP contribution in [0.5, 0.6) is 0 Å². The number of amides is 1. The first kappa shape index (κ1) is 25.3. The van der Waals surface area contributed by atoms with Crippen molar-refractivity contribution in [3.05, 3.63) is 71.3 Å². The average molecular weight is 472 g/mol. The molecule has 0 bridgehead atoms. The third-order valence-electron chi connectivity index (χ3n) is 6.57. The van der Waals surface area contributed by atoms with Crippen LogP contribution in [0.2, 0.25) is 0 Å². The molecule has 5 nitrogen and oxygen atoms in total. The highest BCUT2D eigenvalue weighted by Crippen LogP contribution is 2.53. The summed E-state index contributed by atoms with van der Waals surface area (Å²) in [6.07, 6.45) is 5.77. The van der Waals surface area contributed by atoms with E-state index in [4.69, 9.17) is 8.92 Å². The summed E-state index contributed by atoms with van der Waals surface area (Å²) in [5.74, 6) is 0.0158. The molecule has 1 aliphatic heterocycles. The maximum atomic E-state index is 12.7. The van der Waals surface area contributed by atoms with E-state index in [0.29, 0.717) is 25.1 Å². The average Bonchev–Trinajstić information content (AvgIpc) is 2.78. The Bertz CT molecular complexity index is 935. The number of likely N-dealkylation sites (tertiary alicyclic amines) is 1. The van der Waals surface area contributed by atoms with Crippen LogP contribution in [0.25, 0.3) is 0 Å². The summed E-state index contributed by atoms with van der Waals surface area (Å²) in [6.45, 7) is 8.82. The molecular formula is C27H37NO4S. The Hall–Kier alpha value is -2.31. The number of carbonyl (C=O) groups is 2. The molecule has 2 aromatic carbocycles. The van der Waals surface area contributed by atoms with Crippen molar-refractivity contribution in [2.45, 2.75) is 50.9 Å². The summed E-state index contributed by atoms with van der Waals surface area (Å²) < 4.78 is 11.7. The monoisotopic (exact) mass is 471 g/mol. The number of nitrogens with zero attached hydrogens (tertiary/aromatic N) is 1. The zero-order valence-corrected chi connectivity index (χ0v) is 21.3. The number of carbonyl (C=O) groups excluding carboxylic acids is 2. The van der Waals surface area contributed by atoms with Crippen LogP contribution in [-0.4, -0.2) is 53.7 Å². The summed E-state index contributed by atoms with van der Waals surface area (Å²) in [4.78, 5) is 27.0. The predicted octanol–water partition coefficient (Wildman–Crippen LogP) is 5.54. The van der Waals surface area contributed by atoms with E-state index in [9.17, 15) is 9.59 Å². The van der Waals surface area contributed by atoms with Gasteiger partial charge >= 0.3 is 5.97 Å². The Kier molecular flexibility index (Phi) is 8.24. The van der Waals surface area contributed by atoms with Crippen molar-refractivity contribution in [1.82, 2.24) is 4.90 Å². The zero-order chi connectivity index (χ0) is 24.1. The van der Waals surface area contributed by atoms with Gasteiger partial charge in [0.15, 0.2) is 0 Å². The van der Waals surface area contributed by atoms with Crippen molar-refractivity contribution in [2.75, 3.05) is 32.2 Å². The number of rotatable bonds is 8. The number of benzene rings is 2. The van der Waals surface area contributed by atoms with Crippen LogP contribution in [0.1, 0.15) is 61.0 Å². The van der Waals surface area contributed by atoms with E-state index in [2.05, 4.69) is 33.3 Å². The molecule has 6 heteroatoms. The van der Waals surface area contributed by atoms with Gasteiger partial charge in [0.25, 0.3) is 0 Å². The Balaban J connectivity index is 1.47. The van der Waals surface area contributed by atoms with Gasteiger partial charge in [-0.15, -0.1) is 10.3 Å². The van der Waals surface area contributed by atoms with E-state index in [1.807, 2.05) is 47.4 Å². The van der Waals surface area contributed by atoms with Crippen molar-refractivity contribution >= 4 is 22.2 Å². The van der Waals surface area contributed by atoms with Gasteiger partial charge in [0.1, 0.15) is 6.61 Å². The molecule has 180 valence electrons. The van der Waals surface area contributed by atoms with Crippen LogP contribution in [0.15, 0.2) is 54.6 Å². The fraction of sp³-hybridized carbons (Fsp3) is 0.481. The Labute approximate surface area is 200 Å². The molecule has 0 N–H and O–H groups in total. The molecule has 1 amide bonds. The minimum absolute atomic E-state index is 0.115. The van der Waals surface area contributed by atoms with Crippen molar-refractivity contribution in [2.24, 2.45) is 0 Å². The van der Waals surface area contributed by atoms with E-state index in [1.54, 1.807) is 12.1 Å². The molecule has 1 aliphatic rings. The minimum atomic E-state index is -1.18. The molecule has 0 aromatic heterocycles. The molecule has 1 saturated heterocycles. The number of piperidine rings is 1. The maximum absolute atomic E-state index is 12.7. The van der Waals surface area contributed by atoms with Gasteiger partial charge in [0.05, 0.1) is 12.2 Å². The summed E-state index contributed by atoms with van der Waals surface area (Å²) in [7, 11) is -1.18. The summed E-state index contributed by atoms with van der Waals surface area (Å²) in [5.41, 5.74) is 2.58. The van der Waals surface area contributed by atoms with E-state index >= 15 is 0 Å². The van der Waals surface area contributed by atoms with Gasteiger partial charge in [0, 0.05) is 24.3 Å². The first-order valence-corrected chi connectivity index (χ1v) is 13.9. The Morgan fingerprint density at radius 2 is 1.73 bits per heavy atom. The highest BCUT2D eigenvalue weighted by Gasteiger charge is 2.30. The second kappa shape index (κ2) is 10.7. The van der Waals surface area contributed by atoms with Crippen LogP contribution < -0.4 is 0 Å². The molecule has 1 heterocycles. The van der Waals surface area contributed by atoms with E-state index < -0.39 is 10.3 Å². The molecule has 1 unspecified atom stereocenters. The van der Waals surface area contributed by atoms with Crippen molar-refractivity contribution in [1.29, 1.82) is 0 Å². The highest BCUT2D eigenvalue weighted by molar-refractivity contribution is 8.29. The van der Waals surface area contributed by atoms with Gasteiger partial charge in [0.2, 0.25) is 5.91 Å². The van der Waals surface area contributed by atoms with Gasteiger partial charge in [-0.3, -0.25) is 4.79 Å². The lowest BCUT2D eigenvalue weighted by atomic mass is 9.88. The van der Waals surface area contributed by atoms with Crippen molar-refractivity contribution in [3.63, 3.8) is 0 Å². The van der Waals surface area contributed by atoms with Crippen molar-refractivity contribution < 1.29 is 18.5 Å². The van der Waals surface area contributed by atoms with Crippen LogP contribution in [0, 0.1) is 0 Å². The zero-order valence-electron chi connectivity index (χ0n) is 20.5. The first-order valence-electron chi connectivity index (χ1n) is 11.5. The number of esters is 1. The highest BCUT2D eigenvalue weighted by atomic mass is 32.3. The Morgan fingerprint density at radius 3 is 2.33 bits per heavy atom. The van der Waals surface area contributed by atoms with Crippen LogP contribution in [0.4, 0.5) is 0 Å². The number of ether oxygens (including phenoxy) is 1. The lowest BCUT2D eigenvalue weighted by molar-refractivity contribution is -0.134. The number of hydrogen-bond acceptors (Lipinski definition) is 4. The van der Waals surface area contributed by atoms with Crippen molar-refractivity contribution in [3.8, 4) is 0 Å². The first-order chi connectivity index (χ1) is 15.6. The SMILES string of the molecule is CC(C)(C)S(C)(C)OCCN1CCC(c2ccc(C(=O)OCc3ccccc3)cc2)CC1=O. The van der Waals surface area contributed by atoms with Gasteiger partial charge in [-0.25, -0.2) is 4.79 Å². The minimum Gasteiger partial charge on any atom is -0.457 e. The standard InChI is InChI=1S/C27H37NO4S/c1-27(2,3)33(4,5)32-18-17-28-16-15-24(19-25(28)29)22-11-13-23(14-12-22)26(30)31-20-21-9-7-6-8-10-21/h6-14,24H,15-20H2,1-5H3. The van der Waals surface area contributed by atoms with Crippen LogP contribution >= 0.6 is 10.3 Å². The van der Waals surface area contributed by atoms with Gasteiger partial charge < -0.3 is 13.8 Å². The molecule has 2 aromatic rings. The molecule has 1 fully saturated rings. The second-order valence-corrected chi connectivity index (χ2v) is 13.8. The smallest absolute Gasteiger partial charge is 0.338 e. The molecule has 33 heavy (non-hydrogen) atoms. The van der Waals surface area contributed by atoms with Gasteiger partial charge in [-0.1, -0.05) is 63.2 Å². The molecule has 0 aliphatic carbocycles. The molecular weight excluding hydrogens is 434 g/mol. The predicted molar refractivity (Wildman–Crippen MR) is 136 cm³/mol. The molecule has 1 atom stereocenters. The molecule has 0 radical (unpaired) electrons. The lowest BCUT2D eigenvalue weighted by Gasteiger charge is -2.44. The Morgan fingerprint density at radius 1 is 1.06 bits per heavy atom. The van der Waals surface area contributed by atoms with Crippen LogP contribution in [-0.2, 0) is 20.3 Å². The van der Waals surface area contributed by atoms with Gasteiger partial charge in [-0.2, -0.15) is 0 Å². The van der Waals surface area contributed by atoms with Gasteiger partial charge in [-0.05, 0) is 48.1 Å². The quantitative estimate of drug-likeness (QED) is 0.474. The third-order valence-corrected chi connectivity index (χ3v) is 10.3. The summed E-state index contributed by atoms with van der Waals surface area (Å²) in [5, 5.41) is 0. The van der Waals surface area contributed by atoms with E-state index in [0.717, 1.165) is 24.1 Å². The second-order valence-electron chi connectivity index (χ2n) is 9.92. The van der Waals surface area contributed by atoms with E-state index in [-0.39, 0.29) is 29.1 Å². The fourth-order valence-electron chi connectivity index (χ4n) is 3.63. The normalized spacial score (nSPS) is 17.7. The van der Waals surface area contributed by atoms with E-state index in [1.165, 1.54) is 0 Å². The molecule has 3 rings (SSSR count). The van der Waals surface area contributed by atoms with Crippen LogP contribution in [0.3, 0.4) is 0 Å². The lowest BCUT2D eigenvalue weighted by Crippen LogP contribution is -2.40. The topological polar surface area (TPSA) is 55.8 Å². The third kappa shape index (κ3) is 6.84. The number of hydrogen-bond donors (Lipinski definition) is 0.